The Morgan fingerprint density at radius 2 is 1.54 bits per heavy atom. The quantitative estimate of drug-likeness (QED) is 0.716. The molecule has 2 nitrogen and oxygen atoms in total. The van der Waals surface area contributed by atoms with Crippen molar-refractivity contribution >= 4 is 24.8 Å². The van der Waals surface area contributed by atoms with Crippen molar-refractivity contribution in [2.75, 3.05) is 26.2 Å². The van der Waals surface area contributed by atoms with Gasteiger partial charge in [-0.25, -0.2) is 0 Å². The molecule has 130 valence electrons. The molecule has 0 N–H and O–H groups in total. The first-order valence-electron chi connectivity index (χ1n) is 8.03. The molecular weight excluding hydrogens is 339 g/mol. The molecule has 3 rings (SSSR count). The van der Waals surface area contributed by atoms with Crippen LogP contribution in [0.5, 0.6) is 0 Å². The van der Waals surface area contributed by atoms with Crippen molar-refractivity contribution in [1.82, 2.24) is 9.80 Å². The van der Waals surface area contributed by atoms with E-state index in [2.05, 4.69) is 77.0 Å². The molecule has 4 heteroatoms. The van der Waals surface area contributed by atoms with E-state index in [1.54, 1.807) is 0 Å². The van der Waals surface area contributed by atoms with Crippen LogP contribution in [-0.4, -0.2) is 36.0 Å². The van der Waals surface area contributed by atoms with E-state index in [0.29, 0.717) is 6.04 Å². The highest BCUT2D eigenvalue weighted by atomic mass is 35.5. The Bertz CT molecular complexity index is 589. The first-order valence-corrected chi connectivity index (χ1v) is 8.03. The lowest BCUT2D eigenvalue weighted by Gasteiger charge is -2.41. The molecule has 1 fully saturated rings. The summed E-state index contributed by atoms with van der Waals surface area (Å²) in [5, 5.41) is 0. The summed E-state index contributed by atoms with van der Waals surface area (Å²) in [6.07, 6.45) is 2.02. The van der Waals surface area contributed by atoms with Gasteiger partial charge in [0.25, 0.3) is 0 Å². The van der Waals surface area contributed by atoms with Crippen LogP contribution in [0.25, 0.3) is 0 Å². The summed E-state index contributed by atoms with van der Waals surface area (Å²) in [6, 6.07) is 22.1. The third-order valence-electron chi connectivity index (χ3n) is 4.37. The lowest BCUT2D eigenvalue weighted by atomic mass is 10.0. The smallest absolute Gasteiger partial charge is 0.0479 e. The highest BCUT2D eigenvalue weighted by Gasteiger charge is 2.27. The van der Waals surface area contributed by atoms with Crippen LogP contribution in [0.3, 0.4) is 0 Å². The Balaban J connectivity index is 0.00000144. The van der Waals surface area contributed by atoms with Gasteiger partial charge in [0.05, 0.1) is 0 Å². The fourth-order valence-electron chi connectivity index (χ4n) is 3.24. The van der Waals surface area contributed by atoms with Crippen molar-refractivity contribution < 1.29 is 0 Å². The van der Waals surface area contributed by atoms with Gasteiger partial charge in [-0.3, -0.25) is 9.80 Å². The molecule has 1 saturated heterocycles. The summed E-state index contributed by atoms with van der Waals surface area (Å²) in [6.45, 7) is 9.19. The second kappa shape index (κ2) is 10.5. The Labute approximate surface area is 158 Å². The molecule has 0 aromatic heterocycles. The van der Waals surface area contributed by atoms with Crippen molar-refractivity contribution in [1.29, 1.82) is 0 Å². The highest BCUT2D eigenvalue weighted by molar-refractivity contribution is 5.85. The van der Waals surface area contributed by atoms with E-state index in [0.717, 1.165) is 32.7 Å². The maximum Gasteiger partial charge on any atom is 0.0479 e. The minimum atomic E-state index is 0. The van der Waals surface area contributed by atoms with E-state index < -0.39 is 0 Å². The largest absolute Gasteiger partial charge is 0.296 e. The second-order valence-corrected chi connectivity index (χ2v) is 5.93. The van der Waals surface area contributed by atoms with Crippen LogP contribution < -0.4 is 0 Å². The predicted octanol–water partition coefficient (Wildman–Crippen LogP) is 4.58. The number of benzene rings is 2. The normalized spacial score (nSPS) is 18.2. The van der Waals surface area contributed by atoms with Crippen LogP contribution in [-0.2, 0) is 6.54 Å². The van der Waals surface area contributed by atoms with E-state index >= 15 is 0 Å². The summed E-state index contributed by atoms with van der Waals surface area (Å²) in [4.78, 5) is 5.09. The molecule has 1 atom stereocenters. The zero-order valence-corrected chi connectivity index (χ0v) is 15.5. The zero-order valence-electron chi connectivity index (χ0n) is 13.9. The topological polar surface area (TPSA) is 6.48 Å². The fourth-order valence-corrected chi connectivity index (χ4v) is 3.24. The number of hydrogen-bond acceptors (Lipinski definition) is 2. The molecule has 0 saturated carbocycles. The Kier molecular flexibility index (Phi) is 9.09. The minimum absolute atomic E-state index is 0. The minimum Gasteiger partial charge on any atom is -0.296 e. The van der Waals surface area contributed by atoms with Gasteiger partial charge in [-0.2, -0.15) is 0 Å². The van der Waals surface area contributed by atoms with Gasteiger partial charge in [0, 0.05) is 38.8 Å². The molecule has 0 aliphatic carbocycles. The lowest BCUT2D eigenvalue weighted by molar-refractivity contribution is 0.0789. The molecule has 2 aromatic carbocycles. The van der Waals surface area contributed by atoms with Crippen LogP contribution >= 0.6 is 24.8 Å². The standard InChI is InChI=1S/C20H24N2.2ClH/c1-2-13-22-15-14-21(16-18-9-5-3-6-10-18)17-20(22)19-11-7-4-8-12-19;;/h2-12,20H,1,13-17H2;2*1H. The van der Waals surface area contributed by atoms with Gasteiger partial charge >= 0.3 is 0 Å². The van der Waals surface area contributed by atoms with E-state index in [4.69, 9.17) is 0 Å². The van der Waals surface area contributed by atoms with E-state index in [1.807, 2.05) is 6.08 Å². The Morgan fingerprint density at radius 3 is 2.17 bits per heavy atom. The van der Waals surface area contributed by atoms with Gasteiger partial charge in [-0.05, 0) is 11.1 Å². The molecule has 24 heavy (non-hydrogen) atoms. The number of rotatable bonds is 5. The fraction of sp³-hybridized carbons (Fsp3) is 0.300. The average Bonchev–Trinajstić information content (AvgIpc) is 2.58. The second-order valence-electron chi connectivity index (χ2n) is 5.93. The first kappa shape index (κ1) is 20.7. The molecule has 0 spiro atoms. The lowest BCUT2D eigenvalue weighted by Crippen LogP contribution is -2.47. The van der Waals surface area contributed by atoms with Gasteiger partial charge in [-0.15, -0.1) is 31.4 Å². The van der Waals surface area contributed by atoms with E-state index in [1.165, 1.54) is 11.1 Å². The monoisotopic (exact) mass is 364 g/mol. The molecular formula is C20H26Cl2N2. The average molecular weight is 365 g/mol. The maximum absolute atomic E-state index is 3.91. The molecule has 0 radical (unpaired) electrons. The number of halogens is 2. The van der Waals surface area contributed by atoms with Crippen molar-refractivity contribution in [3.63, 3.8) is 0 Å². The number of piperazine rings is 1. The molecule has 1 heterocycles. The Hall–Kier alpha value is -1.32. The zero-order chi connectivity index (χ0) is 15.2. The van der Waals surface area contributed by atoms with Gasteiger partial charge in [0.1, 0.15) is 0 Å². The molecule has 0 amide bonds. The molecule has 1 aliphatic rings. The van der Waals surface area contributed by atoms with E-state index in [9.17, 15) is 0 Å². The van der Waals surface area contributed by atoms with Crippen LogP contribution in [0.1, 0.15) is 17.2 Å². The van der Waals surface area contributed by atoms with E-state index in [-0.39, 0.29) is 24.8 Å². The van der Waals surface area contributed by atoms with Crippen LogP contribution in [0.15, 0.2) is 73.3 Å². The molecule has 0 bridgehead atoms. The van der Waals surface area contributed by atoms with Crippen molar-refractivity contribution in [2.45, 2.75) is 12.6 Å². The van der Waals surface area contributed by atoms with Gasteiger partial charge in [0.2, 0.25) is 0 Å². The predicted molar refractivity (Wildman–Crippen MR) is 107 cm³/mol. The van der Waals surface area contributed by atoms with Crippen molar-refractivity contribution in [3.8, 4) is 0 Å². The third kappa shape index (κ3) is 5.35. The summed E-state index contributed by atoms with van der Waals surface area (Å²) in [5.74, 6) is 0. The molecule has 1 aliphatic heterocycles. The first-order chi connectivity index (χ1) is 10.9. The molecule has 1 unspecified atom stereocenters. The highest BCUT2D eigenvalue weighted by Crippen LogP contribution is 2.26. The van der Waals surface area contributed by atoms with Gasteiger partial charge in [0.15, 0.2) is 0 Å². The summed E-state index contributed by atoms with van der Waals surface area (Å²) in [7, 11) is 0. The summed E-state index contributed by atoms with van der Waals surface area (Å²) in [5.41, 5.74) is 2.80. The Morgan fingerprint density at radius 1 is 0.917 bits per heavy atom. The van der Waals surface area contributed by atoms with Gasteiger partial charge < -0.3 is 0 Å². The van der Waals surface area contributed by atoms with Crippen molar-refractivity contribution in [3.05, 3.63) is 84.4 Å². The maximum atomic E-state index is 3.91. The number of hydrogen-bond donors (Lipinski definition) is 0. The van der Waals surface area contributed by atoms with Crippen molar-refractivity contribution in [2.24, 2.45) is 0 Å². The summed E-state index contributed by atoms with van der Waals surface area (Å²) < 4.78 is 0. The van der Waals surface area contributed by atoms with Crippen LogP contribution in [0.2, 0.25) is 0 Å². The summed E-state index contributed by atoms with van der Waals surface area (Å²) >= 11 is 0. The molecule has 2 aromatic rings. The van der Waals surface area contributed by atoms with Crippen LogP contribution in [0.4, 0.5) is 0 Å². The SMILES string of the molecule is C=CCN1CCN(Cc2ccccc2)CC1c1ccccc1.Cl.Cl. The van der Waals surface area contributed by atoms with Crippen LogP contribution in [0, 0.1) is 0 Å². The van der Waals surface area contributed by atoms with Gasteiger partial charge in [-0.1, -0.05) is 66.7 Å². The third-order valence-corrected chi connectivity index (χ3v) is 4.37. The number of nitrogens with zero attached hydrogens (tertiary/aromatic N) is 2.